The van der Waals surface area contributed by atoms with Crippen molar-refractivity contribution < 1.29 is 18.9 Å². The molecule has 3 rings (SSSR count). The van der Waals surface area contributed by atoms with Gasteiger partial charge in [0.1, 0.15) is 0 Å². The Hall–Kier alpha value is -2.55. The number of benzene rings is 3. The molecule has 1 N–H and O–H groups in total. The summed E-state index contributed by atoms with van der Waals surface area (Å²) < 4.78 is 23.8. The monoisotopic (exact) mass is 354 g/mol. The molecule has 0 spiro atoms. The second kappa shape index (κ2) is 7.14. The first kappa shape index (κ1) is 17.3. The van der Waals surface area contributed by atoms with Crippen LogP contribution in [0.4, 0.5) is 0 Å². The van der Waals surface area contributed by atoms with E-state index >= 15 is 0 Å². The number of ether oxygens (including phenoxy) is 2. The Morgan fingerprint density at radius 2 is 1.44 bits per heavy atom. The molecule has 0 aliphatic carbocycles. The Morgan fingerprint density at radius 1 is 0.800 bits per heavy atom. The van der Waals surface area contributed by atoms with Crippen LogP contribution >= 0.6 is 7.37 Å². The van der Waals surface area contributed by atoms with Crippen LogP contribution in [0.3, 0.4) is 0 Å². The first-order valence-corrected chi connectivity index (χ1v) is 9.44. The fourth-order valence-electron chi connectivity index (χ4n) is 2.75. The van der Waals surface area contributed by atoms with Crippen molar-refractivity contribution in [3.05, 3.63) is 72.8 Å². The zero-order valence-corrected chi connectivity index (χ0v) is 14.9. The van der Waals surface area contributed by atoms with E-state index in [-0.39, 0.29) is 0 Å². The molecule has 0 saturated carbocycles. The highest BCUT2D eigenvalue weighted by Gasteiger charge is 2.27. The Kier molecular flexibility index (Phi) is 4.93. The van der Waals surface area contributed by atoms with Crippen LogP contribution in [0.5, 0.6) is 11.5 Å². The lowest BCUT2D eigenvalue weighted by Crippen LogP contribution is -2.17. The van der Waals surface area contributed by atoms with E-state index < -0.39 is 7.37 Å². The Balaban J connectivity index is 2.16. The number of hydrogen-bond acceptors (Lipinski definition) is 3. The molecule has 25 heavy (non-hydrogen) atoms. The molecule has 0 aliphatic heterocycles. The van der Waals surface area contributed by atoms with Crippen LogP contribution < -0.4 is 20.1 Å². The Labute approximate surface area is 147 Å². The van der Waals surface area contributed by atoms with E-state index in [1.165, 1.54) is 0 Å². The van der Waals surface area contributed by atoms with E-state index in [0.717, 1.165) is 5.56 Å². The van der Waals surface area contributed by atoms with E-state index in [1.54, 1.807) is 56.7 Å². The van der Waals surface area contributed by atoms with Crippen molar-refractivity contribution in [1.29, 1.82) is 0 Å². The summed E-state index contributed by atoms with van der Waals surface area (Å²) in [5.41, 5.74) is 1.48. The minimum absolute atomic E-state index is 0.397. The van der Waals surface area contributed by atoms with Crippen molar-refractivity contribution >= 4 is 18.0 Å². The van der Waals surface area contributed by atoms with E-state index in [2.05, 4.69) is 0 Å². The lowest BCUT2D eigenvalue weighted by molar-refractivity contribution is 0.355. The highest BCUT2D eigenvalue weighted by Crippen LogP contribution is 2.42. The standard InChI is InChI=1S/C20H19O4P/c1-23-18-13-12-15(14-19(18)24-2)17-10-6-7-11-20(17)25(21,22)16-8-4-3-5-9-16/h3-14H,1-2H3,(H,21,22). The van der Waals surface area contributed by atoms with E-state index in [4.69, 9.17) is 9.47 Å². The number of hydrogen-bond donors (Lipinski definition) is 1. The summed E-state index contributed by atoms with van der Waals surface area (Å²) in [6.07, 6.45) is 0. The van der Waals surface area contributed by atoms with Crippen molar-refractivity contribution in [2.24, 2.45) is 0 Å². The molecule has 128 valence electrons. The average molecular weight is 354 g/mol. The predicted molar refractivity (Wildman–Crippen MR) is 101 cm³/mol. The minimum Gasteiger partial charge on any atom is -0.493 e. The van der Waals surface area contributed by atoms with Gasteiger partial charge in [-0.3, -0.25) is 4.57 Å². The van der Waals surface area contributed by atoms with E-state index in [1.807, 2.05) is 30.3 Å². The van der Waals surface area contributed by atoms with Crippen LogP contribution in [0.2, 0.25) is 0 Å². The Morgan fingerprint density at radius 3 is 2.12 bits per heavy atom. The fourth-order valence-corrected chi connectivity index (χ4v) is 4.43. The van der Waals surface area contributed by atoms with Gasteiger partial charge in [0.15, 0.2) is 11.5 Å². The number of methoxy groups -OCH3 is 2. The molecule has 3 aromatic rings. The summed E-state index contributed by atoms with van der Waals surface area (Å²) in [7, 11) is -0.579. The third kappa shape index (κ3) is 3.32. The summed E-state index contributed by atoms with van der Waals surface area (Å²) >= 11 is 0. The van der Waals surface area contributed by atoms with Gasteiger partial charge in [0.05, 0.1) is 14.2 Å². The van der Waals surface area contributed by atoms with Crippen molar-refractivity contribution in [2.45, 2.75) is 0 Å². The van der Waals surface area contributed by atoms with Gasteiger partial charge in [-0.05, 0) is 41.5 Å². The molecule has 0 radical (unpaired) electrons. The molecule has 3 aromatic carbocycles. The van der Waals surface area contributed by atoms with Crippen molar-refractivity contribution in [1.82, 2.24) is 0 Å². The van der Waals surface area contributed by atoms with Crippen LogP contribution in [0.25, 0.3) is 11.1 Å². The molecular weight excluding hydrogens is 335 g/mol. The summed E-state index contributed by atoms with van der Waals surface area (Å²) in [5, 5.41) is 0.802. The molecule has 0 fully saturated rings. The van der Waals surface area contributed by atoms with Gasteiger partial charge >= 0.3 is 0 Å². The topological polar surface area (TPSA) is 55.8 Å². The van der Waals surface area contributed by atoms with Gasteiger partial charge in [-0.2, -0.15) is 0 Å². The molecule has 1 atom stereocenters. The molecule has 0 saturated heterocycles. The SMILES string of the molecule is COc1ccc(-c2ccccc2P(=O)(O)c2ccccc2)cc1OC. The van der Waals surface area contributed by atoms with Crippen LogP contribution in [-0.4, -0.2) is 19.1 Å². The first-order valence-electron chi connectivity index (χ1n) is 7.78. The molecule has 4 nitrogen and oxygen atoms in total. The smallest absolute Gasteiger partial charge is 0.259 e. The van der Waals surface area contributed by atoms with Crippen molar-refractivity contribution in [2.75, 3.05) is 14.2 Å². The van der Waals surface area contributed by atoms with E-state index in [0.29, 0.717) is 27.7 Å². The molecule has 0 aromatic heterocycles. The normalized spacial score (nSPS) is 13.1. The molecule has 5 heteroatoms. The maximum atomic E-state index is 13.2. The lowest BCUT2D eigenvalue weighted by atomic mass is 10.1. The second-order valence-corrected chi connectivity index (χ2v) is 7.65. The predicted octanol–water partition coefficient (Wildman–Crippen LogP) is 3.59. The highest BCUT2D eigenvalue weighted by molar-refractivity contribution is 7.73. The zero-order valence-electron chi connectivity index (χ0n) is 14.0. The molecule has 1 unspecified atom stereocenters. The second-order valence-electron chi connectivity index (χ2n) is 5.50. The molecule has 0 bridgehead atoms. The van der Waals surface area contributed by atoms with Gasteiger partial charge in [-0.15, -0.1) is 0 Å². The van der Waals surface area contributed by atoms with Crippen molar-refractivity contribution in [3.8, 4) is 22.6 Å². The first-order chi connectivity index (χ1) is 12.1. The maximum absolute atomic E-state index is 13.2. The largest absolute Gasteiger partial charge is 0.493 e. The van der Waals surface area contributed by atoms with E-state index in [9.17, 15) is 9.46 Å². The van der Waals surface area contributed by atoms with Gasteiger partial charge in [0.2, 0.25) is 0 Å². The lowest BCUT2D eigenvalue weighted by Gasteiger charge is -2.17. The third-order valence-corrected chi connectivity index (χ3v) is 6.07. The van der Waals surface area contributed by atoms with Crippen molar-refractivity contribution in [3.63, 3.8) is 0 Å². The van der Waals surface area contributed by atoms with Crippen LogP contribution in [0.1, 0.15) is 0 Å². The Bertz CT molecular complexity index is 922. The van der Waals surface area contributed by atoms with Gasteiger partial charge in [-0.1, -0.05) is 42.5 Å². The molecule has 0 aliphatic rings. The minimum atomic E-state index is -3.71. The van der Waals surface area contributed by atoms with Gasteiger partial charge < -0.3 is 14.4 Å². The van der Waals surface area contributed by atoms with Gasteiger partial charge in [0, 0.05) is 10.6 Å². The maximum Gasteiger partial charge on any atom is 0.259 e. The average Bonchev–Trinajstić information content (AvgIpc) is 2.68. The van der Waals surface area contributed by atoms with Crippen LogP contribution in [-0.2, 0) is 4.57 Å². The molecule has 0 heterocycles. The molecule has 0 amide bonds. The van der Waals surface area contributed by atoms with Gasteiger partial charge in [0.25, 0.3) is 7.37 Å². The fraction of sp³-hybridized carbons (Fsp3) is 0.100. The quantitative estimate of drug-likeness (QED) is 0.712. The zero-order chi connectivity index (χ0) is 17.9. The van der Waals surface area contributed by atoms with Gasteiger partial charge in [-0.25, -0.2) is 0 Å². The highest BCUT2D eigenvalue weighted by atomic mass is 31.2. The number of rotatable bonds is 5. The summed E-state index contributed by atoms with van der Waals surface area (Å²) in [6, 6.07) is 21.3. The molecular formula is C20H19O4P. The van der Waals surface area contributed by atoms with Crippen LogP contribution in [0, 0.1) is 0 Å². The third-order valence-electron chi connectivity index (χ3n) is 4.03. The summed E-state index contributed by atoms with van der Waals surface area (Å²) in [5.74, 6) is 1.18. The van der Waals surface area contributed by atoms with Crippen LogP contribution in [0.15, 0.2) is 72.8 Å². The summed E-state index contributed by atoms with van der Waals surface area (Å²) in [6.45, 7) is 0. The summed E-state index contributed by atoms with van der Waals surface area (Å²) in [4.78, 5) is 10.8.